The Hall–Kier alpha value is -1.00. The van der Waals surface area contributed by atoms with Gasteiger partial charge in [-0.25, -0.2) is 9.97 Å². The number of aromatic nitrogens is 2. The average molecular weight is 249 g/mol. The Balaban J connectivity index is 2.07. The fourth-order valence-corrected chi connectivity index (χ4v) is 2.06. The minimum Gasteiger partial charge on any atom is -0.383 e. The number of nitrogens with one attached hydrogen (secondary N) is 1. The van der Waals surface area contributed by atoms with Crippen molar-refractivity contribution in [2.24, 2.45) is 0 Å². The van der Waals surface area contributed by atoms with Crippen LogP contribution < -0.4 is 5.32 Å². The van der Waals surface area contributed by atoms with Gasteiger partial charge in [0.05, 0.1) is 6.61 Å². The highest BCUT2D eigenvalue weighted by Gasteiger charge is 2.42. The molecule has 0 amide bonds. The standard InChI is InChI=1S/C14H23N3O/c1-10-12(9-15-7-8-18-4)11(2)17-13(16-10)14(3)5-6-14/h15H,5-9H2,1-4H3. The number of hydrogen-bond donors (Lipinski definition) is 1. The second-order valence-corrected chi connectivity index (χ2v) is 5.43. The fraction of sp³-hybridized carbons (Fsp3) is 0.714. The Labute approximate surface area is 109 Å². The molecule has 1 aliphatic rings. The molecule has 1 heterocycles. The molecule has 1 aliphatic carbocycles. The summed E-state index contributed by atoms with van der Waals surface area (Å²) >= 11 is 0. The fourth-order valence-electron chi connectivity index (χ4n) is 2.06. The SMILES string of the molecule is COCCNCc1c(C)nc(C2(C)CC2)nc1C. The molecule has 0 radical (unpaired) electrons. The number of hydrogen-bond acceptors (Lipinski definition) is 4. The maximum atomic E-state index is 5.02. The molecule has 0 bridgehead atoms. The summed E-state index contributed by atoms with van der Waals surface area (Å²) < 4.78 is 5.02. The first-order chi connectivity index (χ1) is 8.57. The molecular formula is C14H23N3O. The zero-order valence-electron chi connectivity index (χ0n) is 11.8. The van der Waals surface area contributed by atoms with Crippen LogP contribution in [0.25, 0.3) is 0 Å². The molecule has 1 fully saturated rings. The molecular weight excluding hydrogens is 226 g/mol. The predicted octanol–water partition coefficient (Wildman–Crippen LogP) is 1.88. The van der Waals surface area contributed by atoms with E-state index in [0.717, 1.165) is 36.9 Å². The van der Waals surface area contributed by atoms with Crippen LogP contribution in [0.2, 0.25) is 0 Å². The first kappa shape index (κ1) is 13.4. The lowest BCUT2D eigenvalue weighted by Gasteiger charge is -2.14. The van der Waals surface area contributed by atoms with Gasteiger partial charge in [0.15, 0.2) is 0 Å². The van der Waals surface area contributed by atoms with Crippen LogP contribution in [-0.2, 0) is 16.7 Å². The number of aryl methyl sites for hydroxylation is 2. The highest BCUT2D eigenvalue weighted by atomic mass is 16.5. The molecule has 2 rings (SSSR count). The molecule has 1 saturated carbocycles. The van der Waals surface area contributed by atoms with Crippen LogP contribution in [0.5, 0.6) is 0 Å². The van der Waals surface area contributed by atoms with Gasteiger partial charge in [-0.1, -0.05) is 6.92 Å². The van der Waals surface area contributed by atoms with Gasteiger partial charge >= 0.3 is 0 Å². The predicted molar refractivity (Wildman–Crippen MR) is 71.7 cm³/mol. The summed E-state index contributed by atoms with van der Waals surface area (Å²) in [5.41, 5.74) is 3.68. The normalized spacial score (nSPS) is 16.9. The van der Waals surface area contributed by atoms with E-state index in [1.54, 1.807) is 7.11 Å². The van der Waals surface area contributed by atoms with E-state index in [2.05, 4.69) is 36.1 Å². The second kappa shape index (κ2) is 5.33. The highest BCUT2D eigenvalue weighted by Crippen LogP contribution is 2.46. The molecule has 0 aromatic carbocycles. The van der Waals surface area contributed by atoms with Crippen molar-refractivity contribution in [3.63, 3.8) is 0 Å². The van der Waals surface area contributed by atoms with Crippen molar-refractivity contribution in [3.8, 4) is 0 Å². The molecule has 0 saturated heterocycles. The number of ether oxygens (including phenoxy) is 1. The largest absolute Gasteiger partial charge is 0.383 e. The monoisotopic (exact) mass is 249 g/mol. The van der Waals surface area contributed by atoms with Gasteiger partial charge in [0.1, 0.15) is 5.82 Å². The van der Waals surface area contributed by atoms with Gasteiger partial charge in [-0.3, -0.25) is 0 Å². The summed E-state index contributed by atoms with van der Waals surface area (Å²) in [4.78, 5) is 9.37. The molecule has 0 spiro atoms. The lowest BCUT2D eigenvalue weighted by atomic mass is 10.1. The van der Waals surface area contributed by atoms with Crippen LogP contribution in [0.15, 0.2) is 0 Å². The highest BCUT2D eigenvalue weighted by molar-refractivity contribution is 5.28. The van der Waals surface area contributed by atoms with Gasteiger partial charge in [0.25, 0.3) is 0 Å². The third-order valence-corrected chi connectivity index (χ3v) is 3.75. The summed E-state index contributed by atoms with van der Waals surface area (Å²) in [5.74, 6) is 1.03. The first-order valence-electron chi connectivity index (χ1n) is 6.61. The van der Waals surface area contributed by atoms with E-state index in [9.17, 15) is 0 Å². The van der Waals surface area contributed by atoms with Gasteiger partial charge in [-0.15, -0.1) is 0 Å². The van der Waals surface area contributed by atoms with Gasteiger partial charge in [0.2, 0.25) is 0 Å². The average Bonchev–Trinajstić information content (AvgIpc) is 3.06. The maximum Gasteiger partial charge on any atom is 0.134 e. The zero-order valence-corrected chi connectivity index (χ0v) is 11.8. The van der Waals surface area contributed by atoms with E-state index < -0.39 is 0 Å². The Kier molecular flexibility index (Phi) is 3.97. The summed E-state index contributed by atoms with van der Waals surface area (Å²) in [6, 6.07) is 0. The van der Waals surface area contributed by atoms with Gasteiger partial charge < -0.3 is 10.1 Å². The van der Waals surface area contributed by atoms with Crippen molar-refractivity contribution in [1.29, 1.82) is 0 Å². The Morgan fingerprint density at radius 1 is 1.22 bits per heavy atom. The van der Waals surface area contributed by atoms with E-state index in [1.165, 1.54) is 18.4 Å². The van der Waals surface area contributed by atoms with Crippen LogP contribution in [0.3, 0.4) is 0 Å². The van der Waals surface area contributed by atoms with Crippen molar-refractivity contribution in [2.75, 3.05) is 20.3 Å². The maximum absolute atomic E-state index is 5.02. The van der Waals surface area contributed by atoms with Gasteiger partial charge in [0, 0.05) is 42.6 Å². The Morgan fingerprint density at radius 3 is 2.33 bits per heavy atom. The topological polar surface area (TPSA) is 47.0 Å². The van der Waals surface area contributed by atoms with E-state index in [0.29, 0.717) is 0 Å². The second-order valence-electron chi connectivity index (χ2n) is 5.43. The molecule has 100 valence electrons. The zero-order chi connectivity index (χ0) is 13.2. The lowest BCUT2D eigenvalue weighted by molar-refractivity contribution is 0.199. The molecule has 1 N–H and O–H groups in total. The number of methoxy groups -OCH3 is 1. The summed E-state index contributed by atoms with van der Waals surface area (Å²) in [6.07, 6.45) is 2.44. The first-order valence-corrected chi connectivity index (χ1v) is 6.61. The number of rotatable bonds is 6. The van der Waals surface area contributed by atoms with Crippen LogP contribution >= 0.6 is 0 Å². The summed E-state index contributed by atoms with van der Waals surface area (Å²) in [6.45, 7) is 8.81. The van der Waals surface area contributed by atoms with Crippen LogP contribution in [0.4, 0.5) is 0 Å². The summed E-state index contributed by atoms with van der Waals surface area (Å²) in [7, 11) is 1.71. The van der Waals surface area contributed by atoms with Gasteiger partial charge in [-0.2, -0.15) is 0 Å². The smallest absolute Gasteiger partial charge is 0.134 e. The molecule has 4 heteroatoms. The van der Waals surface area contributed by atoms with E-state index in [4.69, 9.17) is 4.74 Å². The van der Waals surface area contributed by atoms with Crippen molar-refractivity contribution >= 4 is 0 Å². The Morgan fingerprint density at radius 2 is 1.83 bits per heavy atom. The van der Waals surface area contributed by atoms with Crippen molar-refractivity contribution in [1.82, 2.24) is 15.3 Å². The molecule has 0 unspecified atom stereocenters. The summed E-state index contributed by atoms with van der Waals surface area (Å²) in [5, 5.41) is 3.35. The number of nitrogens with zero attached hydrogens (tertiary/aromatic N) is 2. The van der Waals surface area contributed by atoms with Crippen molar-refractivity contribution in [2.45, 2.75) is 45.6 Å². The van der Waals surface area contributed by atoms with Crippen molar-refractivity contribution < 1.29 is 4.74 Å². The molecule has 0 aliphatic heterocycles. The molecule has 4 nitrogen and oxygen atoms in total. The van der Waals surface area contributed by atoms with Crippen LogP contribution in [0, 0.1) is 13.8 Å². The Bertz CT molecular complexity index is 404. The van der Waals surface area contributed by atoms with E-state index >= 15 is 0 Å². The minimum absolute atomic E-state index is 0.248. The molecule has 1 aromatic rings. The van der Waals surface area contributed by atoms with E-state index in [1.807, 2.05) is 0 Å². The third-order valence-electron chi connectivity index (χ3n) is 3.75. The van der Waals surface area contributed by atoms with E-state index in [-0.39, 0.29) is 5.41 Å². The van der Waals surface area contributed by atoms with Crippen molar-refractivity contribution in [3.05, 3.63) is 22.8 Å². The van der Waals surface area contributed by atoms with Crippen LogP contribution in [0.1, 0.15) is 42.5 Å². The minimum atomic E-state index is 0.248. The molecule has 18 heavy (non-hydrogen) atoms. The van der Waals surface area contributed by atoms with Crippen LogP contribution in [-0.4, -0.2) is 30.2 Å². The van der Waals surface area contributed by atoms with Gasteiger partial charge in [-0.05, 0) is 26.7 Å². The third kappa shape index (κ3) is 2.87. The lowest BCUT2D eigenvalue weighted by Crippen LogP contribution is -2.21. The quantitative estimate of drug-likeness (QED) is 0.782. The molecule has 0 atom stereocenters. The molecule has 1 aromatic heterocycles.